The second kappa shape index (κ2) is 3.98. The molecule has 2 aliphatic rings. The maximum absolute atomic E-state index is 5.82. The van der Waals surface area contributed by atoms with Crippen LogP contribution >= 0.6 is 11.3 Å². The van der Waals surface area contributed by atoms with Gasteiger partial charge in [0, 0.05) is 24.5 Å². The summed E-state index contributed by atoms with van der Waals surface area (Å²) in [7, 11) is 0. The number of aromatic nitrogens is 1. The quantitative estimate of drug-likeness (QED) is 0.850. The first-order chi connectivity index (χ1) is 7.72. The normalized spacial score (nSPS) is 30.8. The molecule has 2 N–H and O–H groups in total. The van der Waals surface area contributed by atoms with Gasteiger partial charge in [-0.2, -0.15) is 0 Å². The van der Waals surface area contributed by atoms with Gasteiger partial charge in [-0.15, -0.1) is 11.3 Å². The average Bonchev–Trinajstić information content (AvgIpc) is 2.85. The maximum Gasteiger partial charge on any atom is 0.185 e. The Balaban J connectivity index is 1.76. The molecule has 0 saturated carbocycles. The van der Waals surface area contributed by atoms with Crippen LogP contribution in [0.4, 0.5) is 5.13 Å². The van der Waals surface area contributed by atoms with Crippen molar-refractivity contribution in [1.29, 1.82) is 0 Å². The van der Waals surface area contributed by atoms with Gasteiger partial charge in [-0.25, -0.2) is 4.98 Å². The molecule has 3 heterocycles. The Morgan fingerprint density at radius 1 is 1.50 bits per heavy atom. The molecule has 3 atom stereocenters. The summed E-state index contributed by atoms with van der Waals surface area (Å²) < 4.78 is 5.81. The van der Waals surface area contributed by atoms with Crippen LogP contribution in [-0.4, -0.2) is 30.3 Å². The number of thiazole rings is 1. The smallest absolute Gasteiger partial charge is 0.185 e. The predicted molar refractivity (Wildman–Crippen MR) is 64.8 cm³/mol. The molecule has 3 rings (SSSR count). The van der Waals surface area contributed by atoms with E-state index in [1.165, 1.54) is 12.8 Å². The lowest BCUT2D eigenvalue weighted by atomic mass is 10.2. The van der Waals surface area contributed by atoms with Crippen LogP contribution in [0.1, 0.15) is 31.5 Å². The molecule has 2 bridgehead atoms. The van der Waals surface area contributed by atoms with Crippen LogP contribution in [0.5, 0.6) is 0 Å². The molecule has 2 saturated heterocycles. The summed E-state index contributed by atoms with van der Waals surface area (Å²) >= 11 is 1.70. The molecule has 4 nitrogen and oxygen atoms in total. The number of morpholine rings is 1. The third-order valence-corrected chi connectivity index (χ3v) is 4.21. The van der Waals surface area contributed by atoms with Gasteiger partial charge in [0.25, 0.3) is 0 Å². The van der Waals surface area contributed by atoms with Gasteiger partial charge in [-0.1, -0.05) is 0 Å². The molecule has 1 aromatic rings. The van der Waals surface area contributed by atoms with Crippen molar-refractivity contribution in [2.24, 2.45) is 5.73 Å². The number of nitrogens with two attached hydrogens (primary N) is 1. The number of anilines is 1. The topological polar surface area (TPSA) is 51.4 Å². The van der Waals surface area contributed by atoms with E-state index in [4.69, 9.17) is 10.5 Å². The Morgan fingerprint density at radius 3 is 2.75 bits per heavy atom. The Bertz CT molecular complexity index is 367. The van der Waals surface area contributed by atoms with Gasteiger partial charge in [-0.3, -0.25) is 0 Å². The van der Waals surface area contributed by atoms with E-state index in [-0.39, 0.29) is 6.04 Å². The Kier molecular flexibility index (Phi) is 2.61. The summed E-state index contributed by atoms with van der Waals surface area (Å²) in [6.45, 7) is 3.95. The van der Waals surface area contributed by atoms with Crippen molar-refractivity contribution in [3.8, 4) is 0 Å². The zero-order valence-corrected chi connectivity index (χ0v) is 10.2. The van der Waals surface area contributed by atoms with Crippen molar-refractivity contribution < 1.29 is 4.74 Å². The van der Waals surface area contributed by atoms with Crippen LogP contribution < -0.4 is 10.6 Å². The summed E-state index contributed by atoms with van der Waals surface area (Å²) in [5.74, 6) is 0. The molecule has 1 aromatic heterocycles. The number of hydrogen-bond acceptors (Lipinski definition) is 5. The number of nitrogens with zero attached hydrogens (tertiary/aromatic N) is 2. The van der Waals surface area contributed by atoms with Crippen LogP contribution in [0.25, 0.3) is 0 Å². The fourth-order valence-corrected chi connectivity index (χ4v) is 3.35. The number of fused-ring (bicyclic) bond motifs is 2. The molecular formula is C11H17N3OS. The van der Waals surface area contributed by atoms with Gasteiger partial charge >= 0.3 is 0 Å². The van der Waals surface area contributed by atoms with E-state index in [2.05, 4.69) is 15.3 Å². The van der Waals surface area contributed by atoms with Crippen molar-refractivity contribution in [1.82, 2.24) is 4.98 Å². The highest BCUT2D eigenvalue weighted by Crippen LogP contribution is 2.31. The number of ether oxygens (including phenoxy) is 1. The summed E-state index contributed by atoms with van der Waals surface area (Å²) in [5, 5.41) is 3.17. The second-order valence-electron chi connectivity index (χ2n) is 4.71. The molecular weight excluding hydrogens is 222 g/mol. The SMILES string of the molecule is CC(N)c1csc(N2CC3CCC(C2)O3)n1. The van der Waals surface area contributed by atoms with Crippen LogP contribution in [0.3, 0.4) is 0 Å². The Morgan fingerprint density at radius 2 is 2.19 bits per heavy atom. The van der Waals surface area contributed by atoms with Crippen molar-refractivity contribution in [2.75, 3.05) is 18.0 Å². The van der Waals surface area contributed by atoms with Crippen LogP contribution in [-0.2, 0) is 4.74 Å². The Labute approximate surface area is 99.4 Å². The van der Waals surface area contributed by atoms with Gasteiger partial charge < -0.3 is 15.4 Å². The highest BCUT2D eigenvalue weighted by Gasteiger charge is 2.34. The largest absolute Gasteiger partial charge is 0.371 e. The van der Waals surface area contributed by atoms with Crippen molar-refractivity contribution >= 4 is 16.5 Å². The molecule has 0 amide bonds. The number of rotatable bonds is 2. The predicted octanol–water partition coefficient (Wildman–Crippen LogP) is 1.53. The van der Waals surface area contributed by atoms with Gasteiger partial charge in [0.1, 0.15) is 0 Å². The lowest BCUT2D eigenvalue weighted by molar-refractivity contribution is 0.0305. The van der Waals surface area contributed by atoms with Crippen LogP contribution in [0.2, 0.25) is 0 Å². The third-order valence-electron chi connectivity index (χ3n) is 3.29. The van der Waals surface area contributed by atoms with Crippen molar-refractivity contribution in [3.05, 3.63) is 11.1 Å². The first-order valence-corrected chi connectivity index (χ1v) is 6.72. The van der Waals surface area contributed by atoms with Crippen LogP contribution in [0, 0.1) is 0 Å². The zero-order chi connectivity index (χ0) is 11.1. The second-order valence-corrected chi connectivity index (χ2v) is 5.54. The molecule has 2 fully saturated rings. The lowest BCUT2D eigenvalue weighted by Gasteiger charge is -2.31. The monoisotopic (exact) mass is 239 g/mol. The fraction of sp³-hybridized carbons (Fsp3) is 0.727. The summed E-state index contributed by atoms with van der Waals surface area (Å²) in [5.41, 5.74) is 6.82. The standard InChI is InChI=1S/C11H17N3OS/c1-7(12)10-6-16-11(13-10)14-4-8-2-3-9(5-14)15-8/h6-9H,2-5,12H2,1H3. The molecule has 0 spiro atoms. The molecule has 2 aliphatic heterocycles. The minimum absolute atomic E-state index is 0.0303. The summed E-state index contributed by atoms with van der Waals surface area (Å²) in [6.07, 6.45) is 3.24. The molecule has 5 heteroatoms. The first-order valence-electron chi connectivity index (χ1n) is 5.84. The number of hydrogen-bond donors (Lipinski definition) is 1. The van der Waals surface area contributed by atoms with E-state index >= 15 is 0 Å². The van der Waals surface area contributed by atoms with E-state index < -0.39 is 0 Å². The van der Waals surface area contributed by atoms with E-state index in [0.29, 0.717) is 12.2 Å². The minimum atomic E-state index is 0.0303. The molecule has 0 aromatic carbocycles. The van der Waals surface area contributed by atoms with Gasteiger partial charge in [-0.05, 0) is 19.8 Å². The summed E-state index contributed by atoms with van der Waals surface area (Å²) in [4.78, 5) is 6.94. The summed E-state index contributed by atoms with van der Waals surface area (Å²) in [6, 6.07) is 0.0303. The molecule has 16 heavy (non-hydrogen) atoms. The van der Waals surface area contributed by atoms with E-state index in [1.807, 2.05) is 6.92 Å². The van der Waals surface area contributed by atoms with Crippen molar-refractivity contribution in [2.45, 2.75) is 38.0 Å². The fourth-order valence-electron chi connectivity index (χ4n) is 2.40. The van der Waals surface area contributed by atoms with Gasteiger partial charge in [0.15, 0.2) is 5.13 Å². The van der Waals surface area contributed by atoms with E-state index in [0.717, 1.165) is 23.9 Å². The maximum atomic E-state index is 5.82. The molecule has 0 aliphatic carbocycles. The highest BCUT2D eigenvalue weighted by atomic mass is 32.1. The zero-order valence-electron chi connectivity index (χ0n) is 9.43. The van der Waals surface area contributed by atoms with E-state index in [1.54, 1.807) is 11.3 Å². The van der Waals surface area contributed by atoms with Gasteiger partial charge in [0.05, 0.1) is 17.9 Å². The molecule has 3 unspecified atom stereocenters. The first kappa shape index (κ1) is 10.5. The van der Waals surface area contributed by atoms with Crippen LogP contribution in [0.15, 0.2) is 5.38 Å². The van der Waals surface area contributed by atoms with Crippen molar-refractivity contribution in [3.63, 3.8) is 0 Å². The average molecular weight is 239 g/mol. The molecule has 88 valence electrons. The highest BCUT2D eigenvalue weighted by molar-refractivity contribution is 7.13. The Hall–Kier alpha value is -0.650. The minimum Gasteiger partial charge on any atom is -0.371 e. The lowest BCUT2D eigenvalue weighted by Crippen LogP contribution is -2.42. The molecule has 0 radical (unpaired) electrons. The van der Waals surface area contributed by atoms with E-state index in [9.17, 15) is 0 Å². The third kappa shape index (κ3) is 1.83. The van der Waals surface area contributed by atoms with Gasteiger partial charge in [0.2, 0.25) is 0 Å².